The van der Waals surface area contributed by atoms with Crippen LogP contribution in [0.2, 0.25) is 0 Å². The van der Waals surface area contributed by atoms with Crippen LogP contribution in [0.25, 0.3) is 10.2 Å². The number of carbonyl (C=O) groups excluding carboxylic acids is 1. The van der Waals surface area contributed by atoms with Crippen LogP contribution in [0.15, 0.2) is 39.9 Å². The Kier molecular flexibility index (Phi) is 5.38. The van der Waals surface area contributed by atoms with Gasteiger partial charge in [-0.1, -0.05) is 33.3 Å². The quantitative estimate of drug-likeness (QED) is 0.422. The summed E-state index contributed by atoms with van der Waals surface area (Å²) < 4.78 is 6.72. The first kappa shape index (κ1) is 18.2. The number of carbonyl (C=O) groups is 1. The summed E-state index contributed by atoms with van der Waals surface area (Å²) in [5, 5.41) is 14.4. The Morgan fingerprint density at radius 1 is 1.46 bits per heavy atom. The lowest BCUT2D eigenvalue weighted by molar-refractivity contribution is -0.120. The Hall–Kier alpha value is -2.65. The summed E-state index contributed by atoms with van der Waals surface area (Å²) >= 11 is 4.70. The Balaban J connectivity index is 1.66. The van der Waals surface area contributed by atoms with Gasteiger partial charge >= 0.3 is 0 Å². The van der Waals surface area contributed by atoms with E-state index in [-0.39, 0.29) is 18.1 Å². The first-order valence-corrected chi connectivity index (χ1v) is 9.10. The number of aromatic hydroxyl groups is 1. The molecule has 0 aliphatic heterocycles. The summed E-state index contributed by atoms with van der Waals surface area (Å²) in [7, 11) is 1.46. The lowest BCUT2D eigenvalue weighted by Gasteiger charge is -2.06. The second-order valence-corrected chi connectivity index (χ2v) is 7.35. The molecule has 7 nitrogen and oxygen atoms in total. The lowest BCUT2D eigenvalue weighted by Crippen LogP contribution is -2.19. The van der Waals surface area contributed by atoms with Gasteiger partial charge in [-0.3, -0.25) is 4.79 Å². The monoisotopic (exact) mass is 434 g/mol. The summed E-state index contributed by atoms with van der Waals surface area (Å²) in [6.45, 7) is 0. The summed E-state index contributed by atoms with van der Waals surface area (Å²) in [6.07, 6.45) is 1.52. The number of anilines is 1. The summed E-state index contributed by atoms with van der Waals surface area (Å²) in [5.41, 5.74) is 10.2. The van der Waals surface area contributed by atoms with E-state index in [1.54, 1.807) is 12.1 Å². The number of aromatic nitrogens is 1. The molecule has 0 radical (unpaired) electrons. The van der Waals surface area contributed by atoms with Crippen molar-refractivity contribution < 1.29 is 14.6 Å². The van der Waals surface area contributed by atoms with Gasteiger partial charge in [0.25, 0.3) is 0 Å². The molecule has 2 aromatic carbocycles. The number of nitrogens with two attached hydrogens (primary N) is 1. The van der Waals surface area contributed by atoms with Gasteiger partial charge < -0.3 is 15.6 Å². The number of benzene rings is 2. The number of thiazole rings is 1. The van der Waals surface area contributed by atoms with Crippen molar-refractivity contribution in [3.63, 3.8) is 0 Å². The third-order valence-corrected chi connectivity index (χ3v) is 4.82. The highest BCUT2D eigenvalue weighted by Crippen LogP contribution is 2.32. The SMILES string of the molecule is COc1cc(Br)cc(/C=N\NC(=O)Cc2ccc3nc(N)sc3c2)c1O. The molecule has 0 unspecified atom stereocenters. The number of nitrogens with zero attached hydrogens (tertiary/aromatic N) is 2. The van der Waals surface area contributed by atoms with Crippen molar-refractivity contribution in [1.82, 2.24) is 10.4 Å². The molecule has 26 heavy (non-hydrogen) atoms. The minimum absolute atomic E-state index is 0.0538. The number of rotatable bonds is 5. The maximum Gasteiger partial charge on any atom is 0.244 e. The maximum atomic E-state index is 12.1. The van der Waals surface area contributed by atoms with Crippen LogP contribution in [0.3, 0.4) is 0 Å². The third-order valence-electron chi connectivity index (χ3n) is 3.52. The molecule has 0 aliphatic carbocycles. The Bertz CT molecular complexity index is 1000. The van der Waals surface area contributed by atoms with Gasteiger partial charge in [0.05, 0.1) is 30.0 Å². The first-order chi connectivity index (χ1) is 12.5. The van der Waals surface area contributed by atoms with Crippen molar-refractivity contribution in [2.45, 2.75) is 6.42 Å². The van der Waals surface area contributed by atoms with Gasteiger partial charge in [-0.2, -0.15) is 5.10 Å². The molecular formula is C17H15BrN4O3S. The van der Waals surface area contributed by atoms with Gasteiger partial charge in [0.15, 0.2) is 16.6 Å². The summed E-state index contributed by atoms with van der Waals surface area (Å²) in [4.78, 5) is 16.2. The maximum absolute atomic E-state index is 12.1. The molecule has 1 aromatic heterocycles. The molecule has 0 spiro atoms. The Morgan fingerprint density at radius 2 is 2.27 bits per heavy atom. The van der Waals surface area contributed by atoms with Gasteiger partial charge in [-0.25, -0.2) is 10.4 Å². The fourth-order valence-corrected chi connectivity index (χ4v) is 3.60. The number of nitrogen functional groups attached to an aromatic ring is 1. The van der Waals surface area contributed by atoms with Crippen LogP contribution in [0, 0.1) is 0 Å². The number of fused-ring (bicyclic) bond motifs is 1. The van der Waals surface area contributed by atoms with Gasteiger partial charge in [0, 0.05) is 10.0 Å². The van der Waals surface area contributed by atoms with Crippen molar-refractivity contribution >= 4 is 54.7 Å². The lowest BCUT2D eigenvalue weighted by atomic mass is 10.1. The molecule has 1 amide bonds. The molecule has 0 bridgehead atoms. The first-order valence-electron chi connectivity index (χ1n) is 7.49. The highest BCUT2D eigenvalue weighted by Gasteiger charge is 2.09. The van der Waals surface area contributed by atoms with Crippen LogP contribution in [0.1, 0.15) is 11.1 Å². The van der Waals surface area contributed by atoms with E-state index in [0.717, 1.165) is 20.3 Å². The molecule has 1 heterocycles. The van der Waals surface area contributed by atoms with Gasteiger partial charge in [0.1, 0.15) is 0 Å². The van der Waals surface area contributed by atoms with E-state index in [2.05, 4.69) is 31.4 Å². The number of nitrogens with one attached hydrogen (secondary N) is 1. The van der Waals surface area contributed by atoms with Crippen molar-refractivity contribution in [1.29, 1.82) is 0 Å². The Labute approximate surface area is 161 Å². The van der Waals surface area contributed by atoms with E-state index < -0.39 is 0 Å². The number of amides is 1. The minimum Gasteiger partial charge on any atom is -0.504 e. The number of hydrazone groups is 1. The van der Waals surface area contributed by atoms with E-state index in [1.165, 1.54) is 24.7 Å². The van der Waals surface area contributed by atoms with Crippen molar-refractivity contribution in [3.8, 4) is 11.5 Å². The van der Waals surface area contributed by atoms with Gasteiger partial charge in [-0.05, 0) is 29.8 Å². The number of halogens is 1. The second kappa shape index (κ2) is 7.71. The molecule has 3 aromatic rings. The highest BCUT2D eigenvalue weighted by molar-refractivity contribution is 9.10. The largest absolute Gasteiger partial charge is 0.504 e. The van der Waals surface area contributed by atoms with Gasteiger partial charge in [0.2, 0.25) is 5.91 Å². The second-order valence-electron chi connectivity index (χ2n) is 5.37. The molecule has 0 fully saturated rings. The van der Waals surface area contributed by atoms with E-state index in [1.807, 2.05) is 18.2 Å². The predicted molar refractivity (Wildman–Crippen MR) is 106 cm³/mol. The molecule has 9 heteroatoms. The fourth-order valence-electron chi connectivity index (χ4n) is 2.34. The fraction of sp³-hybridized carbons (Fsp3) is 0.118. The number of phenolic OH excluding ortho intramolecular Hbond substituents is 1. The molecule has 0 aliphatic rings. The third kappa shape index (κ3) is 4.12. The Morgan fingerprint density at radius 3 is 3.04 bits per heavy atom. The average Bonchev–Trinajstić information content (AvgIpc) is 2.96. The number of hydrogen-bond acceptors (Lipinski definition) is 7. The highest BCUT2D eigenvalue weighted by atomic mass is 79.9. The zero-order valence-corrected chi connectivity index (χ0v) is 16.1. The van der Waals surface area contributed by atoms with Crippen molar-refractivity contribution in [2.24, 2.45) is 5.10 Å². The van der Waals surface area contributed by atoms with Crippen LogP contribution in [0.4, 0.5) is 5.13 Å². The summed E-state index contributed by atoms with van der Waals surface area (Å²) in [6, 6.07) is 8.84. The minimum atomic E-state index is -0.278. The number of hydrogen-bond donors (Lipinski definition) is 3. The van der Waals surface area contributed by atoms with E-state index in [9.17, 15) is 9.90 Å². The number of ether oxygens (including phenoxy) is 1. The summed E-state index contributed by atoms with van der Waals surface area (Å²) in [5.74, 6) is -0.0224. The molecule has 0 saturated heterocycles. The van der Waals surface area contributed by atoms with Crippen LogP contribution in [-0.4, -0.2) is 29.3 Å². The molecular weight excluding hydrogens is 420 g/mol. The number of methoxy groups -OCH3 is 1. The van der Waals surface area contributed by atoms with Crippen molar-refractivity contribution in [3.05, 3.63) is 45.9 Å². The molecule has 0 saturated carbocycles. The van der Waals surface area contributed by atoms with E-state index in [0.29, 0.717) is 16.4 Å². The van der Waals surface area contributed by atoms with Crippen LogP contribution in [-0.2, 0) is 11.2 Å². The molecule has 0 atom stereocenters. The van der Waals surface area contributed by atoms with Crippen LogP contribution >= 0.6 is 27.3 Å². The zero-order valence-electron chi connectivity index (χ0n) is 13.7. The van der Waals surface area contributed by atoms with E-state index in [4.69, 9.17) is 10.5 Å². The average molecular weight is 435 g/mol. The molecule has 4 N–H and O–H groups in total. The number of phenols is 1. The topological polar surface area (TPSA) is 110 Å². The smallest absolute Gasteiger partial charge is 0.244 e. The van der Waals surface area contributed by atoms with Crippen LogP contribution < -0.4 is 15.9 Å². The van der Waals surface area contributed by atoms with Crippen LogP contribution in [0.5, 0.6) is 11.5 Å². The molecule has 3 rings (SSSR count). The van der Waals surface area contributed by atoms with E-state index >= 15 is 0 Å². The normalized spacial score (nSPS) is 11.2. The predicted octanol–water partition coefficient (Wildman–Crippen LogP) is 3.05. The standard InChI is InChI=1S/C17H15BrN4O3S/c1-25-13-7-11(18)6-10(16(13)24)8-20-22-15(23)5-9-2-3-12-14(4-9)26-17(19)21-12/h2-4,6-8,24H,5H2,1H3,(H2,19,21)(H,22,23)/b20-8-. The zero-order chi connectivity index (χ0) is 18.7. The van der Waals surface area contributed by atoms with Gasteiger partial charge in [-0.15, -0.1) is 0 Å². The molecule has 134 valence electrons. The van der Waals surface area contributed by atoms with Crippen molar-refractivity contribution in [2.75, 3.05) is 12.8 Å².